The van der Waals surface area contributed by atoms with E-state index in [9.17, 15) is 8.42 Å². The van der Waals surface area contributed by atoms with Crippen LogP contribution in [-0.4, -0.2) is 28.2 Å². The predicted octanol–water partition coefficient (Wildman–Crippen LogP) is 3.98. The quantitative estimate of drug-likeness (QED) is 0.513. The minimum Gasteiger partial charge on any atom is -0.255 e. The van der Waals surface area contributed by atoms with Gasteiger partial charge >= 0.3 is 0 Å². The number of nitrogens with one attached hydrogen (secondary N) is 1. The second kappa shape index (κ2) is 7.38. The molecule has 0 bridgehead atoms. The molecule has 0 unspecified atom stereocenters. The molecular weight excluding hydrogens is 421 g/mol. The number of anilines is 1. The summed E-state index contributed by atoms with van der Waals surface area (Å²) in [5.74, 6) is -0.0343. The Labute approximate surface area is 171 Å². The van der Waals surface area contributed by atoms with Gasteiger partial charge in [-0.25, -0.2) is 17.8 Å². The third kappa shape index (κ3) is 3.80. The second-order valence-electron chi connectivity index (χ2n) is 5.95. The van der Waals surface area contributed by atoms with E-state index in [2.05, 4.69) is 19.8 Å². The molecule has 0 spiro atoms. The van der Waals surface area contributed by atoms with Gasteiger partial charge in [0, 0.05) is 11.6 Å². The molecule has 0 aliphatic carbocycles. The Balaban J connectivity index is 1.58. The number of halogens is 2. The van der Waals surface area contributed by atoms with Crippen LogP contribution in [0.2, 0.25) is 10.0 Å². The standard InChI is InChI=1S/C18H13Cl2N5O2S/c19-14-7-6-12(9-15(14)20)10-25-11-22-18(23-25)24-28(26,27)16-5-1-3-13-4-2-8-21-17(13)16/h1-9,11H,10H2,(H,23,24). The number of aromatic nitrogens is 4. The second-order valence-corrected chi connectivity index (χ2v) is 8.42. The lowest BCUT2D eigenvalue weighted by Gasteiger charge is -2.07. The van der Waals surface area contributed by atoms with Gasteiger partial charge in [-0.15, -0.1) is 5.10 Å². The molecule has 142 valence electrons. The topological polar surface area (TPSA) is 89.8 Å². The van der Waals surface area contributed by atoms with Crippen LogP contribution in [0.3, 0.4) is 0 Å². The molecule has 1 N–H and O–H groups in total. The molecule has 0 atom stereocenters. The lowest BCUT2D eigenvalue weighted by atomic mass is 10.2. The summed E-state index contributed by atoms with van der Waals surface area (Å²) in [6, 6.07) is 13.7. The molecule has 0 radical (unpaired) electrons. The maximum Gasteiger partial charge on any atom is 0.266 e. The summed E-state index contributed by atoms with van der Waals surface area (Å²) in [5, 5.41) is 5.79. The van der Waals surface area contributed by atoms with E-state index in [1.165, 1.54) is 17.1 Å². The monoisotopic (exact) mass is 433 g/mol. The largest absolute Gasteiger partial charge is 0.266 e. The first-order chi connectivity index (χ1) is 13.4. The van der Waals surface area contributed by atoms with Crippen LogP contribution >= 0.6 is 23.2 Å². The molecule has 28 heavy (non-hydrogen) atoms. The molecule has 0 amide bonds. The third-order valence-electron chi connectivity index (χ3n) is 3.98. The van der Waals surface area contributed by atoms with E-state index in [0.717, 1.165) is 10.9 Å². The average Bonchev–Trinajstić information content (AvgIpc) is 3.10. The van der Waals surface area contributed by atoms with Crippen molar-refractivity contribution >= 4 is 50.1 Å². The molecule has 0 aliphatic rings. The Morgan fingerprint density at radius 1 is 1.00 bits per heavy atom. The number of pyridine rings is 1. The number of rotatable bonds is 5. The highest BCUT2D eigenvalue weighted by atomic mass is 35.5. The average molecular weight is 434 g/mol. The van der Waals surface area contributed by atoms with Gasteiger partial charge in [0.05, 0.1) is 22.1 Å². The van der Waals surface area contributed by atoms with Crippen LogP contribution in [0.25, 0.3) is 10.9 Å². The molecule has 10 heteroatoms. The molecule has 2 aromatic carbocycles. The van der Waals surface area contributed by atoms with Crippen molar-refractivity contribution in [1.29, 1.82) is 0 Å². The SMILES string of the molecule is O=S(=O)(Nc1ncn(Cc2ccc(Cl)c(Cl)c2)n1)c1cccc2cccnc12. The van der Waals surface area contributed by atoms with Crippen molar-refractivity contribution in [2.45, 2.75) is 11.4 Å². The third-order valence-corrected chi connectivity index (χ3v) is 6.07. The summed E-state index contributed by atoms with van der Waals surface area (Å²) in [4.78, 5) is 8.26. The van der Waals surface area contributed by atoms with Crippen molar-refractivity contribution in [3.63, 3.8) is 0 Å². The number of fused-ring (bicyclic) bond motifs is 1. The van der Waals surface area contributed by atoms with Gasteiger partial charge in [0.15, 0.2) is 0 Å². The van der Waals surface area contributed by atoms with Gasteiger partial charge in [-0.05, 0) is 29.8 Å². The molecule has 4 rings (SSSR count). The van der Waals surface area contributed by atoms with Crippen LogP contribution in [0.4, 0.5) is 5.95 Å². The van der Waals surface area contributed by atoms with Crippen LogP contribution < -0.4 is 4.72 Å². The van der Waals surface area contributed by atoms with Crippen molar-refractivity contribution < 1.29 is 8.42 Å². The zero-order chi connectivity index (χ0) is 19.7. The first kappa shape index (κ1) is 18.7. The number of sulfonamides is 1. The number of hydrogen-bond acceptors (Lipinski definition) is 5. The van der Waals surface area contributed by atoms with Gasteiger partial charge in [0.25, 0.3) is 16.0 Å². The smallest absolute Gasteiger partial charge is 0.255 e. The van der Waals surface area contributed by atoms with E-state index >= 15 is 0 Å². The molecule has 2 aromatic heterocycles. The normalized spacial score (nSPS) is 11.6. The summed E-state index contributed by atoms with van der Waals surface area (Å²) < 4.78 is 29.5. The minimum absolute atomic E-state index is 0.0343. The zero-order valence-corrected chi connectivity index (χ0v) is 16.6. The van der Waals surface area contributed by atoms with Crippen molar-refractivity contribution in [1.82, 2.24) is 19.7 Å². The van der Waals surface area contributed by atoms with E-state index in [0.29, 0.717) is 22.1 Å². The van der Waals surface area contributed by atoms with E-state index < -0.39 is 10.0 Å². The van der Waals surface area contributed by atoms with Crippen LogP contribution in [0.15, 0.2) is 66.0 Å². The molecular formula is C18H13Cl2N5O2S. The highest BCUT2D eigenvalue weighted by molar-refractivity contribution is 7.93. The summed E-state index contributed by atoms with van der Waals surface area (Å²) in [7, 11) is -3.90. The minimum atomic E-state index is -3.90. The Kier molecular flexibility index (Phi) is 4.92. The first-order valence-corrected chi connectivity index (χ1v) is 10.4. The van der Waals surface area contributed by atoms with Crippen LogP contribution in [0.5, 0.6) is 0 Å². The molecule has 0 saturated heterocycles. The highest BCUT2D eigenvalue weighted by Crippen LogP contribution is 2.24. The summed E-state index contributed by atoms with van der Waals surface area (Å²) >= 11 is 11.9. The highest BCUT2D eigenvalue weighted by Gasteiger charge is 2.20. The van der Waals surface area contributed by atoms with Crippen molar-refractivity contribution in [3.05, 3.63) is 76.7 Å². The number of benzene rings is 2. The number of para-hydroxylation sites is 1. The van der Waals surface area contributed by atoms with E-state index in [1.54, 1.807) is 42.6 Å². The van der Waals surface area contributed by atoms with Gasteiger partial charge in [0.2, 0.25) is 0 Å². The molecule has 4 aromatic rings. The number of nitrogens with zero attached hydrogens (tertiary/aromatic N) is 4. The molecule has 0 fully saturated rings. The molecule has 0 saturated carbocycles. The van der Waals surface area contributed by atoms with Gasteiger partial charge in [-0.2, -0.15) is 4.98 Å². The summed E-state index contributed by atoms with van der Waals surface area (Å²) in [6.07, 6.45) is 2.98. The molecule has 0 aliphatic heterocycles. The van der Waals surface area contributed by atoms with E-state index in [-0.39, 0.29) is 10.8 Å². The van der Waals surface area contributed by atoms with Gasteiger partial charge in [-0.1, -0.05) is 47.5 Å². The lowest BCUT2D eigenvalue weighted by molar-refractivity contribution is 0.601. The van der Waals surface area contributed by atoms with Crippen LogP contribution in [-0.2, 0) is 16.6 Å². The van der Waals surface area contributed by atoms with Crippen molar-refractivity contribution in [2.24, 2.45) is 0 Å². The maximum absolute atomic E-state index is 12.8. The fraction of sp³-hybridized carbons (Fsp3) is 0.0556. The lowest BCUT2D eigenvalue weighted by Crippen LogP contribution is -2.15. The van der Waals surface area contributed by atoms with Crippen LogP contribution in [0, 0.1) is 0 Å². The molecule has 7 nitrogen and oxygen atoms in total. The Morgan fingerprint density at radius 3 is 2.64 bits per heavy atom. The van der Waals surface area contributed by atoms with E-state index in [4.69, 9.17) is 23.2 Å². The van der Waals surface area contributed by atoms with Gasteiger partial charge < -0.3 is 0 Å². The first-order valence-electron chi connectivity index (χ1n) is 8.12. The summed E-state index contributed by atoms with van der Waals surface area (Å²) in [6.45, 7) is 0.363. The fourth-order valence-electron chi connectivity index (χ4n) is 2.71. The fourth-order valence-corrected chi connectivity index (χ4v) is 4.16. The van der Waals surface area contributed by atoms with Crippen molar-refractivity contribution in [2.75, 3.05) is 4.72 Å². The number of hydrogen-bond donors (Lipinski definition) is 1. The predicted molar refractivity (Wildman–Crippen MR) is 108 cm³/mol. The van der Waals surface area contributed by atoms with Crippen molar-refractivity contribution in [3.8, 4) is 0 Å². The Bertz CT molecular complexity index is 1270. The van der Waals surface area contributed by atoms with E-state index in [1.807, 2.05) is 6.07 Å². The zero-order valence-electron chi connectivity index (χ0n) is 14.3. The van der Waals surface area contributed by atoms with Gasteiger partial charge in [-0.3, -0.25) is 4.98 Å². The Morgan fingerprint density at radius 2 is 1.82 bits per heavy atom. The molecule has 2 heterocycles. The Hall–Kier alpha value is -2.68. The summed E-state index contributed by atoms with van der Waals surface area (Å²) in [5.41, 5.74) is 1.24. The maximum atomic E-state index is 12.8. The van der Waals surface area contributed by atoms with Gasteiger partial charge in [0.1, 0.15) is 11.2 Å². The van der Waals surface area contributed by atoms with Crippen LogP contribution in [0.1, 0.15) is 5.56 Å².